The number of thiol groups is 1. The minimum absolute atomic E-state index is 0.0796. The van der Waals surface area contributed by atoms with E-state index in [0.717, 1.165) is 12.8 Å². The van der Waals surface area contributed by atoms with Crippen LogP contribution in [0.5, 0.6) is 0 Å². The fourth-order valence-corrected chi connectivity index (χ4v) is 3.13. The molecule has 0 radical (unpaired) electrons. The van der Waals surface area contributed by atoms with Gasteiger partial charge in [0, 0.05) is 18.1 Å². The van der Waals surface area contributed by atoms with E-state index in [1.165, 1.54) is 19.3 Å². The summed E-state index contributed by atoms with van der Waals surface area (Å²) in [6, 6.07) is 1.72. The van der Waals surface area contributed by atoms with Gasteiger partial charge in [-0.1, -0.05) is 6.42 Å². The molecule has 2 heterocycles. The molecule has 0 aromatic heterocycles. The Morgan fingerprint density at radius 3 is 2.44 bits per heavy atom. The monoisotopic (exact) mass is 242 g/mol. The molecule has 92 valence electrons. The average molecular weight is 242 g/mol. The predicted octanol–water partition coefficient (Wildman–Crippen LogP) is 1.44. The van der Waals surface area contributed by atoms with Gasteiger partial charge in [0.05, 0.1) is 5.25 Å². The molecular formula is C12H22N2OS. The Bertz CT molecular complexity index is 256. The first kappa shape index (κ1) is 12.2. The van der Waals surface area contributed by atoms with Crippen molar-refractivity contribution < 1.29 is 4.79 Å². The fraction of sp³-hybridized carbons (Fsp3) is 0.917. The molecule has 2 saturated heterocycles. The van der Waals surface area contributed by atoms with Crippen molar-refractivity contribution >= 4 is 18.5 Å². The lowest BCUT2D eigenvalue weighted by atomic mass is 9.82. The predicted molar refractivity (Wildman–Crippen MR) is 68.8 cm³/mol. The number of hydrogen-bond acceptors (Lipinski definition) is 3. The van der Waals surface area contributed by atoms with E-state index in [1.54, 1.807) is 0 Å². The van der Waals surface area contributed by atoms with Gasteiger partial charge in [-0.3, -0.25) is 4.79 Å². The first-order chi connectivity index (χ1) is 7.58. The summed E-state index contributed by atoms with van der Waals surface area (Å²) in [7, 11) is 2.23. The number of carbonyl (C=O) groups is 1. The highest BCUT2D eigenvalue weighted by molar-refractivity contribution is 7.81. The van der Waals surface area contributed by atoms with Crippen LogP contribution in [0.15, 0.2) is 0 Å². The first-order valence-electron chi connectivity index (χ1n) is 6.28. The number of nitrogens with zero attached hydrogens (tertiary/aromatic N) is 1. The van der Waals surface area contributed by atoms with E-state index in [9.17, 15) is 4.79 Å². The molecule has 0 spiro atoms. The van der Waals surface area contributed by atoms with Crippen molar-refractivity contribution in [2.75, 3.05) is 7.05 Å². The van der Waals surface area contributed by atoms with Crippen molar-refractivity contribution in [3.8, 4) is 0 Å². The third-order valence-electron chi connectivity index (χ3n) is 4.07. The van der Waals surface area contributed by atoms with Crippen molar-refractivity contribution in [3.63, 3.8) is 0 Å². The maximum Gasteiger partial charge on any atom is 0.232 e. The molecule has 2 aliphatic rings. The van der Waals surface area contributed by atoms with Gasteiger partial charge >= 0.3 is 0 Å². The standard InChI is InChI=1S/C12H22N2OS/c1-8(16)12(15)13-9-6-10-4-3-5-11(7-9)14(10)2/h8-11,16H,3-7H2,1-2H3,(H,13,15). The van der Waals surface area contributed by atoms with E-state index >= 15 is 0 Å². The van der Waals surface area contributed by atoms with Gasteiger partial charge in [-0.15, -0.1) is 0 Å². The molecule has 3 unspecified atom stereocenters. The quantitative estimate of drug-likeness (QED) is 0.718. The molecule has 1 N–H and O–H groups in total. The van der Waals surface area contributed by atoms with E-state index in [1.807, 2.05) is 6.92 Å². The minimum atomic E-state index is -0.195. The molecule has 3 nitrogen and oxygen atoms in total. The largest absolute Gasteiger partial charge is 0.352 e. The summed E-state index contributed by atoms with van der Waals surface area (Å²) < 4.78 is 0. The normalized spacial score (nSPS) is 36.8. The van der Waals surface area contributed by atoms with Crippen LogP contribution in [0.1, 0.15) is 39.0 Å². The Kier molecular flexibility index (Phi) is 3.80. The van der Waals surface area contributed by atoms with Crippen LogP contribution in [-0.4, -0.2) is 41.2 Å². The summed E-state index contributed by atoms with van der Waals surface area (Å²) in [6.45, 7) is 1.83. The molecule has 0 aromatic carbocycles. The van der Waals surface area contributed by atoms with Crippen LogP contribution in [0.25, 0.3) is 0 Å². The van der Waals surface area contributed by atoms with Gasteiger partial charge in [-0.25, -0.2) is 0 Å². The van der Waals surface area contributed by atoms with Crippen LogP contribution < -0.4 is 5.32 Å². The molecule has 0 aliphatic carbocycles. The molecule has 0 saturated carbocycles. The van der Waals surface area contributed by atoms with Crippen LogP contribution in [0.2, 0.25) is 0 Å². The lowest BCUT2D eigenvalue weighted by Crippen LogP contribution is -2.55. The zero-order valence-electron chi connectivity index (χ0n) is 10.1. The van der Waals surface area contributed by atoms with Crippen LogP contribution in [0, 0.1) is 0 Å². The molecular weight excluding hydrogens is 220 g/mol. The highest BCUT2D eigenvalue weighted by Crippen LogP contribution is 2.32. The van der Waals surface area contributed by atoms with E-state index in [4.69, 9.17) is 0 Å². The average Bonchev–Trinajstić information content (AvgIpc) is 2.19. The SMILES string of the molecule is CC(S)C(=O)NC1CC2CCCC(C1)N2C. The Morgan fingerprint density at radius 2 is 1.94 bits per heavy atom. The topological polar surface area (TPSA) is 32.3 Å². The highest BCUT2D eigenvalue weighted by atomic mass is 32.1. The second kappa shape index (κ2) is 4.96. The maximum atomic E-state index is 11.6. The number of amides is 1. The molecule has 3 atom stereocenters. The fourth-order valence-electron chi connectivity index (χ4n) is 3.06. The van der Waals surface area contributed by atoms with Gasteiger partial charge in [0.15, 0.2) is 0 Å². The number of carbonyl (C=O) groups excluding carboxylic acids is 1. The van der Waals surface area contributed by atoms with Gasteiger partial charge in [0.25, 0.3) is 0 Å². The molecule has 1 amide bonds. The van der Waals surface area contributed by atoms with Crippen LogP contribution in [0.4, 0.5) is 0 Å². The number of hydrogen-bond donors (Lipinski definition) is 2. The van der Waals surface area contributed by atoms with Crippen molar-refractivity contribution in [1.29, 1.82) is 0 Å². The Balaban J connectivity index is 1.92. The first-order valence-corrected chi connectivity index (χ1v) is 6.80. The van der Waals surface area contributed by atoms with E-state index in [2.05, 4.69) is 29.9 Å². The summed E-state index contributed by atoms with van der Waals surface area (Å²) in [5.74, 6) is 0.0796. The van der Waals surface area contributed by atoms with Crippen molar-refractivity contribution in [1.82, 2.24) is 10.2 Å². The van der Waals surface area contributed by atoms with Crippen molar-refractivity contribution in [2.45, 2.75) is 62.4 Å². The van der Waals surface area contributed by atoms with E-state index in [-0.39, 0.29) is 11.2 Å². The number of rotatable bonds is 2. The van der Waals surface area contributed by atoms with Gasteiger partial charge in [-0.05, 0) is 39.7 Å². The summed E-state index contributed by atoms with van der Waals surface area (Å²) in [5, 5.41) is 2.93. The third kappa shape index (κ3) is 2.54. The van der Waals surface area contributed by atoms with Crippen LogP contribution in [0.3, 0.4) is 0 Å². The van der Waals surface area contributed by atoms with Gasteiger partial charge in [0.1, 0.15) is 0 Å². The Hall–Kier alpha value is -0.220. The molecule has 2 rings (SSSR count). The van der Waals surface area contributed by atoms with Crippen LogP contribution in [-0.2, 0) is 4.79 Å². The summed E-state index contributed by atoms with van der Waals surface area (Å²) in [6.07, 6.45) is 6.15. The maximum absolute atomic E-state index is 11.6. The van der Waals surface area contributed by atoms with Crippen LogP contribution >= 0.6 is 12.6 Å². The molecule has 0 aromatic rings. The summed E-state index contributed by atoms with van der Waals surface area (Å²) >= 11 is 4.17. The minimum Gasteiger partial charge on any atom is -0.352 e. The second-order valence-electron chi connectivity index (χ2n) is 5.26. The summed E-state index contributed by atoms with van der Waals surface area (Å²) in [4.78, 5) is 14.1. The molecule has 2 aliphatic heterocycles. The van der Waals surface area contributed by atoms with Gasteiger partial charge in [0.2, 0.25) is 5.91 Å². The molecule has 4 heteroatoms. The van der Waals surface area contributed by atoms with E-state index in [0.29, 0.717) is 18.1 Å². The number of piperidine rings is 2. The molecule has 2 bridgehead atoms. The summed E-state index contributed by atoms with van der Waals surface area (Å²) in [5.41, 5.74) is 0. The Morgan fingerprint density at radius 1 is 1.38 bits per heavy atom. The molecule has 2 fully saturated rings. The smallest absolute Gasteiger partial charge is 0.232 e. The highest BCUT2D eigenvalue weighted by Gasteiger charge is 2.36. The lowest BCUT2D eigenvalue weighted by molar-refractivity contribution is -0.121. The van der Waals surface area contributed by atoms with Crippen molar-refractivity contribution in [3.05, 3.63) is 0 Å². The van der Waals surface area contributed by atoms with Gasteiger partial charge in [-0.2, -0.15) is 12.6 Å². The zero-order valence-corrected chi connectivity index (χ0v) is 11.0. The second-order valence-corrected chi connectivity index (χ2v) is 6.03. The third-order valence-corrected chi connectivity index (χ3v) is 4.30. The molecule has 16 heavy (non-hydrogen) atoms. The van der Waals surface area contributed by atoms with Gasteiger partial charge < -0.3 is 10.2 Å². The zero-order chi connectivity index (χ0) is 11.7. The van der Waals surface area contributed by atoms with E-state index < -0.39 is 0 Å². The van der Waals surface area contributed by atoms with Crippen molar-refractivity contribution in [2.24, 2.45) is 0 Å². The number of nitrogens with one attached hydrogen (secondary N) is 1. The Labute approximate surface area is 103 Å². The lowest BCUT2D eigenvalue weighted by Gasteiger charge is -2.47. The number of fused-ring (bicyclic) bond motifs is 2.